The van der Waals surface area contributed by atoms with E-state index in [4.69, 9.17) is 10.2 Å². The fourth-order valence-electron chi connectivity index (χ4n) is 2.97. The van der Waals surface area contributed by atoms with Gasteiger partial charge in [0.25, 0.3) is 6.43 Å². The molecule has 0 spiro atoms. The summed E-state index contributed by atoms with van der Waals surface area (Å²) in [6, 6.07) is 1.77. The van der Waals surface area contributed by atoms with Gasteiger partial charge in [-0.25, -0.2) is 27.9 Å². The number of nitrogens with one attached hydrogen (secondary N) is 3. The summed E-state index contributed by atoms with van der Waals surface area (Å²) in [6.45, 7) is 1.26. The highest BCUT2D eigenvalue weighted by molar-refractivity contribution is 7.92. The smallest absolute Gasteiger partial charge is 0.279 e. The van der Waals surface area contributed by atoms with Gasteiger partial charge in [-0.1, -0.05) is 0 Å². The third-order valence-electron chi connectivity index (χ3n) is 4.52. The molecule has 1 fully saturated rings. The number of aromatic amines is 1. The fraction of sp³-hybridized carbons (Fsp3) is 0.412. The van der Waals surface area contributed by atoms with Crippen molar-refractivity contribution in [2.24, 2.45) is 0 Å². The molecule has 150 valence electrons. The number of imidazole rings is 1. The Morgan fingerprint density at radius 1 is 1.43 bits per heavy atom. The van der Waals surface area contributed by atoms with Gasteiger partial charge < -0.3 is 9.88 Å². The molecule has 0 radical (unpaired) electrons. The zero-order valence-corrected chi connectivity index (χ0v) is 16.0. The molecule has 1 aliphatic heterocycles. The van der Waals surface area contributed by atoms with E-state index in [9.17, 15) is 13.0 Å². The van der Waals surface area contributed by atoms with Gasteiger partial charge >= 0.3 is 0 Å². The summed E-state index contributed by atoms with van der Waals surface area (Å²) < 4.78 is 44.7. The molecule has 0 bridgehead atoms. The van der Waals surface area contributed by atoms with Gasteiger partial charge in [0.2, 0.25) is 0 Å². The number of piperidine rings is 1. The Labute approximate surface area is 161 Å². The summed E-state index contributed by atoms with van der Waals surface area (Å²) in [5, 5.41) is 6.93. The molecular formula is C17H21F2N7OS. The van der Waals surface area contributed by atoms with E-state index in [1.54, 1.807) is 6.07 Å². The Morgan fingerprint density at radius 2 is 2.21 bits per heavy atom. The van der Waals surface area contributed by atoms with Gasteiger partial charge in [-0.2, -0.15) is 0 Å². The van der Waals surface area contributed by atoms with Gasteiger partial charge in [-0.05, 0) is 25.0 Å². The number of H-pyrrole nitrogens is 1. The van der Waals surface area contributed by atoms with Crippen LogP contribution in [0.25, 0.3) is 17.5 Å². The lowest BCUT2D eigenvalue weighted by Crippen LogP contribution is -2.42. The molecule has 2 atom stereocenters. The summed E-state index contributed by atoms with van der Waals surface area (Å²) in [5.41, 5.74) is 0.371. The molecule has 0 saturated carbocycles. The number of alkyl halides is 2. The van der Waals surface area contributed by atoms with Crippen molar-refractivity contribution in [2.75, 3.05) is 24.2 Å². The van der Waals surface area contributed by atoms with Crippen LogP contribution in [0.1, 0.15) is 18.7 Å². The van der Waals surface area contributed by atoms with Crippen LogP contribution in [0.3, 0.4) is 0 Å². The molecule has 2 aromatic rings. The van der Waals surface area contributed by atoms with E-state index in [-0.39, 0.29) is 5.25 Å². The molecule has 28 heavy (non-hydrogen) atoms. The minimum absolute atomic E-state index is 0.200. The second kappa shape index (κ2) is 8.13. The lowest BCUT2D eigenvalue weighted by Gasteiger charge is -2.33. The van der Waals surface area contributed by atoms with Crippen LogP contribution < -0.4 is 4.90 Å². The van der Waals surface area contributed by atoms with Gasteiger partial charge in [0.1, 0.15) is 18.0 Å². The number of anilines is 1. The lowest BCUT2D eigenvalue weighted by molar-refractivity contribution is 0.226. The lowest BCUT2D eigenvalue weighted by atomic mass is 10.1. The van der Waals surface area contributed by atoms with E-state index >= 15 is 0 Å². The number of nitrogens with zero attached hydrogens (tertiary/aromatic N) is 4. The Hall–Kier alpha value is -2.69. The molecule has 3 N–H and O–H groups in total. The number of aromatic nitrogens is 4. The number of rotatable bonds is 6. The highest BCUT2D eigenvalue weighted by Crippen LogP contribution is 2.24. The molecule has 0 aliphatic carbocycles. The average Bonchev–Trinajstić information content (AvgIpc) is 3.14. The molecular weight excluding hydrogens is 388 g/mol. The van der Waals surface area contributed by atoms with Gasteiger partial charge in [-0.3, -0.25) is 10.2 Å². The Morgan fingerprint density at radius 3 is 2.93 bits per heavy atom. The van der Waals surface area contributed by atoms with Crippen LogP contribution in [0.2, 0.25) is 0 Å². The maximum Gasteiger partial charge on any atom is 0.279 e. The largest absolute Gasteiger partial charge is 0.355 e. The number of hydrogen-bond acceptors (Lipinski definition) is 7. The van der Waals surface area contributed by atoms with Crippen molar-refractivity contribution in [3.8, 4) is 11.4 Å². The fourth-order valence-corrected chi connectivity index (χ4v) is 4.05. The number of hydrogen-bond donors (Lipinski definition) is 3. The highest BCUT2D eigenvalue weighted by atomic mass is 32.2. The van der Waals surface area contributed by atoms with E-state index in [0.29, 0.717) is 29.6 Å². The van der Waals surface area contributed by atoms with Crippen LogP contribution in [-0.2, 0) is 9.73 Å². The minimum atomic E-state index is -2.83. The summed E-state index contributed by atoms with van der Waals surface area (Å²) in [7, 11) is -2.62. The SMILES string of the molecule is CS(=N)(=O)C1CCCN(c2cc(-c3cnc(/C=C\C(=N)C(F)F)[nH]3)ncn2)C1. The second-order valence-electron chi connectivity index (χ2n) is 6.65. The summed E-state index contributed by atoms with van der Waals surface area (Å²) in [5.74, 6) is 1.00. The van der Waals surface area contributed by atoms with Crippen LogP contribution in [0.4, 0.5) is 14.6 Å². The van der Waals surface area contributed by atoms with Crippen molar-refractivity contribution in [1.29, 1.82) is 10.2 Å². The predicted molar refractivity (Wildman–Crippen MR) is 104 cm³/mol. The molecule has 3 heterocycles. The Kier molecular flexibility index (Phi) is 5.82. The molecule has 1 saturated heterocycles. The first-order chi connectivity index (χ1) is 13.2. The number of allylic oxidation sites excluding steroid dienone is 1. The molecule has 8 nitrogen and oxygen atoms in total. The standard InChI is InChI=1S/C17H21F2N7OS/c1-28(21,27)11-3-2-6-26(9-11)16-7-13(23-10-24-16)14-8-22-15(25-14)5-4-12(20)17(18)19/h4-5,7-8,10-11,17,20-21H,2-3,6,9H2,1H3,(H,22,25)/b5-4-,20-12?. The van der Waals surface area contributed by atoms with Gasteiger partial charge in [-0.15, -0.1) is 0 Å². The predicted octanol–water partition coefficient (Wildman–Crippen LogP) is 2.81. The van der Waals surface area contributed by atoms with Gasteiger partial charge in [0.05, 0.1) is 28.5 Å². The maximum atomic E-state index is 12.4. The van der Waals surface area contributed by atoms with Gasteiger partial charge in [0, 0.05) is 35.1 Å². The summed E-state index contributed by atoms with van der Waals surface area (Å²) >= 11 is 0. The Balaban J connectivity index is 1.78. The van der Waals surface area contributed by atoms with Crippen LogP contribution >= 0.6 is 0 Å². The van der Waals surface area contributed by atoms with Crippen molar-refractivity contribution in [1.82, 2.24) is 19.9 Å². The normalized spacial score (nSPS) is 19.9. The van der Waals surface area contributed by atoms with Crippen LogP contribution in [0, 0.1) is 10.2 Å². The third kappa shape index (κ3) is 4.77. The van der Waals surface area contributed by atoms with E-state index in [0.717, 1.165) is 25.5 Å². The molecule has 2 aromatic heterocycles. The van der Waals surface area contributed by atoms with Crippen LogP contribution in [-0.4, -0.2) is 60.9 Å². The topological polar surface area (TPSA) is 122 Å². The number of halogens is 2. The molecule has 3 rings (SSSR count). The maximum absolute atomic E-state index is 12.4. The zero-order valence-electron chi connectivity index (χ0n) is 15.2. The highest BCUT2D eigenvalue weighted by Gasteiger charge is 2.26. The molecule has 0 aromatic carbocycles. The first-order valence-corrected chi connectivity index (χ1v) is 10.7. The van der Waals surface area contributed by atoms with Crippen molar-refractivity contribution in [3.05, 3.63) is 30.5 Å². The monoisotopic (exact) mass is 409 g/mol. The molecule has 0 amide bonds. The van der Waals surface area contributed by atoms with E-state index in [2.05, 4.69) is 19.9 Å². The van der Waals surface area contributed by atoms with E-state index in [1.165, 1.54) is 24.9 Å². The third-order valence-corrected chi connectivity index (χ3v) is 6.18. The molecule has 2 unspecified atom stereocenters. The van der Waals surface area contributed by atoms with E-state index < -0.39 is 21.9 Å². The van der Waals surface area contributed by atoms with Crippen molar-refractivity contribution >= 4 is 27.3 Å². The Bertz CT molecular complexity index is 987. The zero-order chi connectivity index (χ0) is 20.3. The summed E-state index contributed by atoms with van der Waals surface area (Å²) in [4.78, 5) is 17.6. The van der Waals surface area contributed by atoms with Gasteiger partial charge in [0.15, 0.2) is 0 Å². The molecule has 11 heteroatoms. The van der Waals surface area contributed by atoms with Crippen molar-refractivity contribution < 1.29 is 13.0 Å². The first-order valence-electron chi connectivity index (χ1n) is 8.63. The first kappa shape index (κ1) is 20.1. The van der Waals surface area contributed by atoms with Crippen molar-refractivity contribution in [2.45, 2.75) is 24.5 Å². The second-order valence-corrected chi connectivity index (χ2v) is 9.12. The minimum Gasteiger partial charge on any atom is -0.355 e. The average molecular weight is 409 g/mol. The van der Waals surface area contributed by atoms with E-state index in [1.807, 2.05) is 4.90 Å². The quantitative estimate of drug-likeness (QED) is 0.633. The molecule has 1 aliphatic rings. The summed E-state index contributed by atoms with van der Waals surface area (Å²) in [6.07, 6.45) is 5.49. The van der Waals surface area contributed by atoms with Crippen LogP contribution in [0.5, 0.6) is 0 Å². The van der Waals surface area contributed by atoms with Crippen molar-refractivity contribution in [3.63, 3.8) is 0 Å². The van der Waals surface area contributed by atoms with Crippen LogP contribution in [0.15, 0.2) is 24.7 Å².